The second kappa shape index (κ2) is 9.10. The number of fused-ring (bicyclic) bond motifs is 1. The van der Waals surface area contributed by atoms with Crippen LogP contribution in [0.2, 0.25) is 0 Å². The van der Waals surface area contributed by atoms with Crippen LogP contribution in [0.4, 0.5) is 0 Å². The number of methoxy groups -OCH3 is 1. The number of rotatable bonds is 9. The average molecular weight is 418 g/mol. The van der Waals surface area contributed by atoms with Gasteiger partial charge in [0.05, 0.1) is 18.9 Å². The lowest BCUT2D eigenvalue weighted by molar-refractivity contribution is 0.0684. The lowest BCUT2D eigenvalue weighted by Gasteiger charge is -2.10. The molecule has 0 radical (unpaired) electrons. The topological polar surface area (TPSA) is 76.6 Å². The molecule has 6 heteroatoms. The van der Waals surface area contributed by atoms with Crippen molar-refractivity contribution in [3.8, 4) is 5.75 Å². The number of benzene rings is 2. The smallest absolute Gasteiger partial charge is 0.352 e. The fourth-order valence-corrected chi connectivity index (χ4v) is 3.87. The van der Waals surface area contributed by atoms with E-state index in [0.717, 1.165) is 34.2 Å². The van der Waals surface area contributed by atoms with Gasteiger partial charge in [-0.05, 0) is 36.8 Å². The summed E-state index contributed by atoms with van der Waals surface area (Å²) in [6, 6.07) is 17.7. The normalized spacial score (nSPS) is 11.2. The number of carboxylic acids is 1. The van der Waals surface area contributed by atoms with Crippen molar-refractivity contribution >= 4 is 16.9 Å². The monoisotopic (exact) mass is 418 g/mol. The fourth-order valence-electron chi connectivity index (χ4n) is 3.87. The molecular formula is C25H26N2O4. The second-order valence-corrected chi connectivity index (χ2v) is 7.59. The standard InChI is InChI=1S/C25H26N2O4/c1-17-5-7-18(8-6-17)16-27-23-14-20(30-2)9-10-21(23)22(24(27)25(28)29)15-26-12-11-19-4-3-13-31-19/h3-10,13-14,26H,11-12,15-16H2,1-2H3,(H,28,29). The van der Waals surface area contributed by atoms with E-state index in [4.69, 9.17) is 9.15 Å². The third-order valence-electron chi connectivity index (χ3n) is 5.47. The summed E-state index contributed by atoms with van der Waals surface area (Å²) in [5, 5.41) is 14.4. The quantitative estimate of drug-likeness (QED) is 0.388. The van der Waals surface area contributed by atoms with Crippen molar-refractivity contribution in [2.45, 2.75) is 26.4 Å². The lowest BCUT2D eigenvalue weighted by Crippen LogP contribution is -2.19. The molecular weight excluding hydrogens is 392 g/mol. The second-order valence-electron chi connectivity index (χ2n) is 7.59. The SMILES string of the molecule is COc1ccc2c(CNCCc3ccco3)c(C(=O)O)n(Cc3ccc(C)cc3)c2c1. The van der Waals surface area contributed by atoms with Gasteiger partial charge in [-0.3, -0.25) is 0 Å². The first-order valence-corrected chi connectivity index (χ1v) is 10.3. The minimum atomic E-state index is -0.940. The van der Waals surface area contributed by atoms with Crippen LogP contribution < -0.4 is 10.1 Å². The molecule has 2 aromatic carbocycles. The van der Waals surface area contributed by atoms with Crippen molar-refractivity contribution in [1.82, 2.24) is 9.88 Å². The predicted octanol–water partition coefficient (Wildman–Crippen LogP) is 4.63. The highest BCUT2D eigenvalue weighted by Gasteiger charge is 2.22. The molecule has 0 aliphatic rings. The number of carboxylic acid groups (broad SMARTS) is 1. The van der Waals surface area contributed by atoms with Gasteiger partial charge < -0.3 is 24.1 Å². The number of nitrogens with zero attached hydrogens (tertiary/aromatic N) is 1. The molecule has 2 N–H and O–H groups in total. The number of ether oxygens (including phenoxy) is 1. The lowest BCUT2D eigenvalue weighted by atomic mass is 10.1. The number of aromatic carboxylic acids is 1. The molecule has 2 heterocycles. The van der Waals surface area contributed by atoms with E-state index in [1.165, 1.54) is 5.56 Å². The fraction of sp³-hybridized carbons (Fsp3) is 0.240. The van der Waals surface area contributed by atoms with Crippen LogP contribution in [0.25, 0.3) is 10.9 Å². The maximum absolute atomic E-state index is 12.3. The number of furan rings is 1. The van der Waals surface area contributed by atoms with E-state index in [-0.39, 0.29) is 0 Å². The largest absolute Gasteiger partial charge is 0.497 e. The molecule has 6 nitrogen and oxygen atoms in total. The van der Waals surface area contributed by atoms with Crippen LogP contribution in [0.15, 0.2) is 65.3 Å². The zero-order valence-electron chi connectivity index (χ0n) is 17.7. The van der Waals surface area contributed by atoms with Crippen LogP contribution in [0, 0.1) is 6.92 Å². The summed E-state index contributed by atoms with van der Waals surface area (Å²) in [5.41, 5.74) is 4.14. The van der Waals surface area contributed by atoms with Gasteiger partial charge in [-0.15, -0.1) is 0 Å². The van der Waals surface area contributed by atoms with Crippen LogP contribution in [-0.2, 0) is 19.5 Å². The highest BCUT2D eigenvalue weighted by Crippen LogP contribution is 2.30. The Balaban J connectivity index is 1.70. The summed E-state index contributed by atoms with van der Waals surface area (Å²) in [5.74, 6) is 0.659. The van der Waals surface area contributed by atoms with Gasteiger partial charge in [0.1, 0.15) is 17.2 Å². The van der Waals surface area contributed by atoms with Gasteiger partial charge in [-0.2, -0.15) is 0 Å². The molecule has 0 unspecified atom stereocenters. The maximum Gasteiger partial charge on any atom is 0.352 e. The Kier molecular flexibility index (Phi) is 6.09. The van der Waals surface area contributed by atoms with Crippen molar-refractivity contribution in [3.63, 3.8) is 0 Å². The first-order chi connectivity index (χ1) is 15.1. The van der Waals surface area contributed by atoms with E-state index in [1.54, 1.807) is 13.4 Å². The highest BCUT2D eigenvalue weighted by atomic mass is 16.5. The number of aromatic nitrogens is 1. The molecule has 0 atom stereocenters. The van der Waals surface area contributed by atoms with Crippen molar-refractivity contribution in [2.75, 3.05) is 13.7 Å². The van der Waals surface area contributed by atoms with Crippen LogP contribution in [-0.4, -0.2) is 29.3 Å². The number of hydrogen-bond donors (Lipinski definition) is 2. The molecule has 0 spiro atoms. The maximum atomic E-state index is 12.3. The summed E-state index contributed by atoms with van der Waals surface area (Å²) < 4.78 is 12.6. The van der Waals surface area contributed by atoms with Gasteiger partial charge in [0.15, 0.2) is 0 Å². The Bertz CT molecular complexity index is 1170. The van der Waals surface area contributed by atoms with E-state index in [9.17, 15) is 9.90 Å². The van der Waals surface area contributed by atoms with Gasteiger partial charge in [0, 0.05) is 43.1 Å². The van der Waals surface area contributed by atoms with Crippen molar-refractivity contribution in [2.24, 2.45) is 0 Å². The van der Waals surface area contributed by atoms with Crippen LogP contribution >= 0.6 is 0 Å². The van der Waals surface area contributed by atoms with E-state index >= 15 is 0 Å². The first-order valence-electron chi connectivity index (χ1n) is 10.3. The third kappa shape index (κ3) is 4.49. The van der Waals surface area contributed by atoms with E-state index < -0.39 is 5.97 Å². The molecule has 0 aliphatic carbocycles. The molecule has 4 rings (SSSR count). The molecule has 0 bridgehead atoms. The molecule has 0 amide bonds. The Hall–Kier alpha value is -3.51. The third-order valence-corrected chi connectivity index (χ3v) is 5.47. The molecule has 160 valence electrons. The molecule has 0 fully saturated rings. The van der Waals surface area contributed by atoms with E-state index in [1.807, 2.05) is 66.1 Å². The van der Waals surface area contributed by atoms with Gasteiger partial charge in [-0.25, -0.2) is 4.79 Å². The average Bonchev–Trinajstić information content (AvgIpc) is 3.39. The summed E-state index contributed by atoms with van der Waals surface area (Å²) in [4.78, 5) is 12.3. The number of nitrogens with one attached hydrogen (secondary N) is 1. The van der Waals surface area contributed by atoms with Gasteiger partial charge >= 0.3 is 5.97 Å². The number of hydrogen-bond acceptors (Lipinski definition) is 4. The number of aryl methyl sites for hydroxylation is 1. The highest BCUT2D eigenvalue weighted by molar-refractivity contribution is 5.98. The zero-order valence-corrected chi connectivity index (χ0v) is 17.7. The van der Waals surface area contributed by atoms with E-state index in [2.05, 4.69) is 5.32 Å². The summed E-state index contributed by atoms with van der Waals surface area (Å²) in [7, 11) is 1.61. The molecule has 31 heavy (non-hydrogen) atoms. The first kappa shape index (κ1) is 20.8. The van der Waals surface area contributed by atoms with Crippen LogP contribution in [0.1, 0.15) is 32.9 Å². The van der Waals surface area contributed by atoms with E-state index in [0.29, 0.717) is 31.1 Å². The molecule has 2 aromatic heterocycles. The van der Waals surface area contributed by atoms with Gasteiger partial charge in [-0.1, -0.05) is 29.8 Å². The predicted molar refractivity (Wildman–Crippen MR) is 120 cm³/mol. The summed E-state index contributed by atoms with van der Waals surface area (Å²) in [6.45, 7) is 3.65. The molecule has 0 saturated carbocycles. The zero-order chi connectivity index (χ0) is 21.8. The van der Waals surface area contributed by atoms with Gasteiger partial charge in [0.25, 0.3) is 0 Å². The Morgan fingerprint density at radius 3 is 2.65 bits per heavy atom. The number of carbonyl (C=O) groups is 1. The molecule has 4 aromatic rings. The Morgan fingerprint density at radius 1 is 1.16 bits per heavy atom. The van der Waals surface area contributed by atoms with Crippen molar-refractivity contribution in [3.05, 3.63) is 89.0 Å². The van der Waals surface area contributed by atoms with Crippen LogP contribution in [0.3, 0.4) is 0 Å². The van der Waals surface area contributed by atoms with Crippen molar-refractivity contribution < 1.29 is 19.1 Å². The summed E-state index contributed by atoms with van der Waals surface area (Å²) >= 11 is 0. The molecule has 0 saturated heterocycles. The van der Waals surface area contributed by atoms with Gasteiger partial charge in [0.2, 0.25) is 0 Å². The minimum absolute atomic E-state index is 0.300. The summed E-state index contributed by atoms with van der Waals surface area (Å²) in [6.07, 6.45) is 2.40. The van der Waals surface area contributed by atoms with Crippen LogP contribution in [0.5, 0.6) is 5.75 Å². The molecule has 0 aliphatic heterocycles. The Morgan fingerprint density at radius 2 is 1.97 bits per heavy atom. The van der Waals surface area contributed by atoms with Crippen molar-refractivity contribution in [1.29, 1.82) is 0 Å². The minimum Gasteiger partial charge on any atom is -0.497 e. The Labute approximate surface area is 181 Å².